The molecule has 0 bridgehead atoms. The summed E-state index contributed by atoms with van der Waals surface area (Å²) < 4.78 is 11.9. The number of halogens is 1. The quantitative estimate of drug-likeness (QED) is 0.838. The Kier molecular flexibility index (Phi) is 3.49. The molecular formula is C13H19BClNO2. The SMILES string of the molecule is CC1(C)OB([C@H](N)c2cccc(Cl)c2)OC1(C)C. The van der Waals surface area contributed by atoms with Crippen LogP contribution in [0.1, 0.15) is 39.2 Å². The fourth-order valence-corrected chi connectivity index (χ4v) is 2.11. The first-order chi connectivity index (χ1) is 8.23. The molecule has 0 amide bonds. The van der Waals surface area contributed by atoms with Crippen LogP contribution >= 0.6 is 11.6 Å². The van der Waals surface area contributed by atoms with Crippen LogP contribution in [0.3, 0.4) is 0 Å². The van der Waals surface area contributed by atoms with Gasteiger partial charge in [0.05, 0.1) is 17.1 Å². The maximum atomic E-state index is 6.20. The maximum absolute atomic E-state index is 6.20. The van der Waals surface area contributed by atoms with Gasteiger partial charge in [-0.25, -0.2) is 0 Å². The smallest absolute Gasteiger partial charge is 0.402 e. The van der Waals surface area contributed by atoms with Gasteiger partial charge in [-0.15, -0.1) is 0 Å². The fraction of sp³-hybridized carbons (Fsp3) is 0.538. The van der Waals surface area contributed by atoms with Crippen LogP contribution in [0, 0.1) is 0 Å². The van der Waals surface area contributed by atoms with E-state index in [-0.39, 0.29) is 17.1 Å². The van der Waals surface area contributed by atoms with Crippen LogP contribution < -0.4 is 5.73 Å². The lowest BCUT2D eigenvalue weighted by Gasteiger charge is -2.32. The Labute approximate surface area is 114 Å². The standard InChI is InChI=1S/C13H19BClNO2/c1-12(2)13(3,4)18-14(17-12)11(16)9-6-5-7-10(15)8-9/h5-8,11H,16H2,1-4H3/t11-/m1/s1. The highest BCUT2D eigenvalue weighted by Crippen LogP contribution is 2.39. The van der Waals surface area contributed by atoms with Crippen molar-refractivity contribution in [3.05, 3.63) is 34.9 Å². The summed E-state index contributed by atoms with van der Waals surface area (Å²) in [6, 6.07) is 7.48. The molecule has 3 nitrogen and oxygen atoms in total. The van der Waals surface area contributed by atoms with E-state index in [1.165, 1.54) is 0 Å². The summed E-state index contributed by atoms with van der Waals surface area (Å²) in [4.78, 5) is 0. The van der Waals surface area contributed by atoms with Gasteiger partial charge in [-0.3, -0.25) is 0 Å². The third-order valence-electron chi connectivity index (χ3n) is 3.80. The first-order valence-corrected chi connectivity index (χ1v) is 6.47. The summed E-state index contributed by atoms with van der Waals surface area (Å²) in [5, 5.41) is 0.666. The number of rotatable bonds is 2. The first kappa shape index (κ1) is 13.9. The number of nitrogens with two attached hydrogens (primary N) is 1. The molecule has 5 heteroatoms. The Balaban J connectivity index is 2.20. The van der Waals surface area contributed by atoms with Crippen molar-refractivity contribution in [1.82, 2.24) is 0 Å². The summed E-state index contributed by atoms with van der Waals surface area (Å²) in [6.07, 6.45) is 0. The Morgan fingerprint density at radius 2 is 1.72 bits per heavy atom. The fourth-order valence-electron chi connectivity index (χ4n) is 1.91. The van der Waals surface area contributed by atoms with Gasteiger partial charge in [0.1, 0.15) is 0 Å². The van der Waals surface area contributed by atoms with Gasteiger partial charge < -0.3 is 15.0 Å². The molecule has 2 rings (SSSR count). The minimum absolute atomic E-state index is 0.343. The molecule has 18 heavy (non-hydrogen) atoms. The van der Waals surface area contributed by atoms with Crippen LogP contribution in [0.15, 0.2) is 24.3 Å². The van der Waals surface area contributed by atoms with E-state index in [0.717, 1.165) is 5.56 Å². The van der Waals surface area contributed by atoms with Crippen LogP contribution in [-0.4, -0.2) is 18.3 Å². The predicted molar refractivity (Wildman–Crippen MR) is 74.5 cm³/mol. The van der Waals surface area contributed by atoms with Gasteiger partial charge in [0.15, 0.2) is 0 Å². The predicted octanol–water partition coefficient (Wildman–Crippen LogP) is 2.97. The van der Waals surface area contributed by atoms with Crippen molar-refractivity contribution in [2.24, 2.45) is 5.73 Å². The number of benzene rings is 1. The zero-order valence-corrected chi connectivity index (χ0v) is 12.0. The van der Waals surface area contributed by atoms with E-state index < -0.39 is 7.12 Å². The van der Waals surface area contributed by atoms with E-state index >= 15 is 0 Å². The molecule has 1 aliphatic rings. The number of hydrogen-bond donors (Lipinski definition) is 1. The lowest BCUT2D eigenvalue weighted by atomic mass is 9.75. The Morgan fingerprint density at radius 1 is 1.17 bits per heavy atom. The topological polar surface area (TPSA) is 44.5 Å². The van der Waals surface area contributed by atoms with E-state index in [2.05, 4.69) is 0 Å². The first-order valence-electron chi connectivity index (χ1n) is 6.10. The second-order valence-electron chi connectivity index (χ2n) is 5.71. The second-order valence-corrected chi connectivity index (χ2v) is 6.14. The van der Waals surface area contributed by atoms with Crippen LogP contribution in [0.2, 0.25) is 5.02 Å². The van der Waals surface area contributed by atoms with Gasteiger partial charge in [0.2, 0.25) is 0 Å². The molecule has 0 spiro atoms. The molecule has 1 saturated heterocycles. The Bertz CT molecular complexity index is 434. The van der Waals surface area contributed by atoms with Gasteiger partial charge in [-0.2, -0.15) is 0 Å². The van der Waals surface area contributed by atoms with Crippen molar-refractivity contribution < 1.29 is 9.31 Å². The molecule has 0 aliphatic carbocycles. The minimum atomic E-state index is -0.450. The molecule has 1 aromatic rings. The van der Waals surface area contributed by atoms with Crippen molar-refractivity contribution in [2.45, 2.75) is 44.8 Å². The monoisotopic (exact) mass is 267 g/mol. The second kappa shape index (κ2) is 4.53. The van der Waals surface area contributed by atoms with E-state index in [9.17, 15) is 0 Å². The lowest BCUT2D eigenvalue weighted by Crippen LogP contribution is -2.41. The minimum Gasteiger partial charge on any atom is -0.402 e. The summed E-state index contributed by atoms with van der Waals surface area (Å²) in [6.45, 7) is 8.05. The highest BCUT2D eigenvalue weighted by atomic mass is 35.5. The van der Waals surface area contributed by atoms with Crippen molar-refractivity contribution in [2.75, 3.05) is 0 Å². The van der Waals surface area contributed by atoms with Gasteiger partial charge in [0.25, 0.3) is 0 Å². The third-order valence-corrected chi connectivity index (χ3v) is 4.03. The molecule has 1 fully saturated rings. The largest absolute Gasteiger partial charge is 0.480 e. The summed E-state index contributed by atoms with van der Waals surface area (Å²) >= 11 is 5.97. The molecular weight excluding hydrogens is 248 g/mol. The molecule has 1 aromatic carbocycles. The third kappa shape index (κ3) is 2.43. The van der Waals surface area contributed by atoms with Crippen molar-refractivity contribution in [1.29, 1.82) is 0 Å². The van der Waals surface area contributed by atoms with Crippen LogP contribution in [0.4, 0.5) is 0 Å². The van der Waals surface area contributed by atoms with Crippen molar-refractivity contribution >= 4 is 18.7 Å². The highest BCUT2D eigenvalue weighted by Gasteiger charge is 2.53. The van der Waals surface area contributed by atoms with Gasteiger partial charge in [-0.05, 0) is 45.4 Å². The zero-order valence-electron chi connectivity index (χ0n) is 11.2. The van der Waals surface area contributed by atoms with Crippen molar-refractivity contribution in [3.63, 3.8) is 0 Å². The molecule has 0 radical (unpaired) electrons. The normalized spacial score (nSPS) is 23.1. The molecule has 2 N–H and O–H groups in total. The average molecular weight is 268 g/mol. The van der Waals surface area contributed by atoms with Crippen LogP contribution in [-0.2, 0) is 9.31 Å². The number of hydrogen-bond acceptors (Lipinski definition) is 3. The molecule has 0 aromatic heterocycles. The zero-order chi connectivity index (χ0) is 13.6. The molecule has 1 aliphatic heterocycles. The summed E-state index contributed by atoms with van der Waals surface area (Å²) in [5.74, 6) is -0.343. The van der Waals surface area contributed by atoms with E-state index in [1.54, 1.807) is 0 Å². The Morgan fingerprint density at radius 3 is 2.22 bits per heavy atom. The highest BCUT2D eigenvalue weighted by molar-refractivity contribution is 6.47. The molecule has 98 valence electrons. The maximum Gasteiger partial charge on any atom is 0.480 e. The van der Waals surface area contributed by atoms with Gasteiger partial charge in [-0.1, -0.05) is 23.7 Å². The van der Waals surface area contributed by atoms with Crippen molar-refractivity contribution in [3.8, 4) is 0 Å². The van der Waals surface area contributed by atoms with E-state index in [0.29, 0.717) is 5.02 Å². The summed E-state index contributed by atoms with van der Waals surface area (Å²) in [5.41, 5.74) is 6.39. The Hall–Kier alpha value is -0.545. The lowest BCUT2D eigenvalue weighted by molar-refractivity contribution is 0.00578. The molecule has 1 atom stereocenters. The molecule has 1 heterocycles. The van der Waals surface area contributed by atoms with Gasteiger partial charge in [0, 0.05) is 5.02 Å². The summed E-state index contributed by atoms with van der Waals surface area (Å²) in [7, 11) is -0.450. The molecule has 0 saturated carbocycles. The van der Waals surface area contributed by atoms with Gasteiger partial charge >= 0.3 is 7.12 Å². The average Bonchev–Trinajstić information content (AvgIpc) is 2.47. The van der Waals surface area contributed by atoms with E-state index in [4.69, 9.17) is 26.6 Å². The molecule has 0 unspecified atom stereocenters. The van der Waals surface area contributed by atoms with Crippen LogP contribution in [0.5, 0.6) is 0 Å². The van der Waals surface area contributed by atoms with E-state index in [1.807, 2.05) is 52.0 Å². The van der Waals surface area contributed by atoms with Crippen LogP contribution in [0.25, 0.3) is 0 Å².